The average molecular weight is 524 g/mol. The number of hydrogen-bond acceptors (Lipinski definition) is 6. The van der Waals surface area contributed by atoms with Crippen LogP contribution in [-0.2, 0) is 23.9 Å². The Morgan fingerprint density at radius 2 is 1.89 bits per heavy atom. The molecule has 11 nitrogen and oxygen atoms in total. The van der Waals surface area contributed by atoms with Crippen molar-refractivity contribution in [2.45, 2.75) is 70.8 Å². The zero-order chi connectivity index (χ0) is 27.2. The van der Waals surface area contributed by atoms with Gasteiger partial charge in [0.25, 0.3) is 0 Å². The van der Waals surface area contributed by atoms with Crippen molar-refractivity contribution in [2.75, 3.05) is 20.2 Å². The van der Waals surface area contributed by atoms with Crippen LogP contribution in [0.25, 0.3) is 0 Å². The number of methoxy groups -OCH3 is 1. The Morgan fingerprint density at radius 3 is 2.46 bits per heavy atom. The van der Waals surface area contributed by atoms with E-state index in [0.717, 1.165) is 0 Å². The molecular formula is C25H38FN5O6. The second-order valence-corrected chi connectivity index (χ2v) is 12.0. The van der Waals surface area contributed by atoms with Gasteiger partial charge in [-0.25, -0.2) is 9.18 Å². The molecule has 2 bridgehead atoms. The van der Waals surface area contributed by atoms with Crippen molar-refractivity contribution in [1.29, 1.82) is 0 Å². The van der Waals surface area contributed by atoms with E-state index in [1.54, 1.807) is 20.8 Å². The van der Waals surface area contributed by atoms with Crippen molar-refractivity contribution >= 4 is 29.7 Å². The molecule has 2 aliphatic heterocycles. The van der Waals surface area contributed by atoms with Crippen LogP contribution in [-0.4, -0.2) is 79.1 Å². The summed E-state index contributed by atoms with van der Waals surface area (Å²) in [7, 11) is 1.20. The van der Waals surface area contributed by atoms with Crippen LogP contribution in [0.2, 0.25) is 0 Å². The number of alkyl halides is 1. The minimum absolute atomic E-state index is 0.0496. The van der Waals surface area contributed by atoms with Gasteiger partial charge in [0.2, 0.25) is 23.6 Å². The molecule has 37 heavy (non-hydrogen) atoms. The molecule has 2 unspecified atom stereocenters. The molecule has 2 saturated carbocycles. The quantitative estimate of drug-likeness (QED) is 0.370. The molecule has 0 aromatic heterocycles. The minimum Gasteiger partial charge on any atom is -0.453 e. The SMILES string of the molecule is COC(=O)NC(C(=O)N1C[C@@H]2[C@H]3C[C@@H]([C@@H]2[C@H]1C(=O)NC(C[C@@H]1CCNC1=O)C(N)=O)[C@H](F)C3)C(C)(C)C. The molecule has 2 saturated heterocycles. The predicted molar refractivity (Wildman–Crippen MR) is 129 cm³/mol. The van der Waals surface area contributed by atoms with Crippen LogP contribution >= 0.6 is 0 Å². The second kappa shape index (κ2) is 10.1. The molecule has 5 amide bonds. The smallest absolute Gasteiger partial charge is 0.407 e. The molecule has 2 heterocycles. The first-order valence-electron chi connectivity index (χ1n) is 13.0. The fourth-order valence-corrected chi connectivity index (χ4v) is 6.92. The normalized spacial score (nSPS) is 33.9. The first kappa shape index (κ1) is 27.1. The lowest BCUT2D eigenvalue weighted by atomic mass is 9.77. The maximum absolute atomic E-state index is 14.9. The zero-order valence-corrected chi connectivity index (χ0v) is 21.8. The Hall–Kier alpha value is -2.92. The maximum atomic E-state index is 14.9. The number of nitrogens with two attached hydrogens (primary N) is 1. The molecule has 0 spiro atoms. The lowest BCUT2D eigenvalue weighted by molar-refractivity contribution is -0.144. The van der Waals surface area contributed by atoms with Crippen LogP contribution < -0.4 is 21.7 Å². The van der Waals surface area contributed by atoms with Crippen molar-refractivity contribution in [2.24, 2.45) is 40.7 Å². The summed E-state index contributed by atoms with van der Waals surface area (Å²) in [5.41, 5.74) is 4.87. The molecular weight excluding hydrogens is 485 g/mol. The lowest BCUT2D eigenvalue weighted by Crippen LogP contribution is -2.60. The molecule has 12 heteroatoms. The number of amides is 5. The first-order chi connectivity index (χ1) is 17.3. The van der Waals surface area contributed by atoms with E-state index in [4.69, 9.17) is 10.5 Å². The second-order valence-electron chi connectivity index (χ2n) is 12.0. The van der Waals surface area contributed by atoms with Gasteiger partial charge in [-0.1, -0.05) is 20.8 Å². The highest BCUT2D eigenvalue weighted by atomic mass is 19.1. The van der Waals surface area contributed by atoms with E-state index >= 15 is 0 Å². The van der Waals surface area contributed by atoms with Crippen LogP contribution in [0.15, 0.2) is 0 Å². The Labute approximate surface area is 215 Å². The van der Waals surface area contributed by atoms with Gasteiger partial charge < -0.3 is 31.3 Å². The van der Waals surface area contributed by atoms with Crippen LogP contribution in [0.3, 0.4) is 0 Å². The molecule has 9 atom stereocenters. The van der Waals surface area contributed by atoms with Gasteiger partial charge in [-0.15, -0.1) is 0 Å². The monoisotopic (exact) mass is 523 g/mol. The number of alkyl carbamates (subject to hydrolysis) is 1. The third kappa shape index (κ3) is 5.11. The number of hydrogen-bond donors (Lipinski definition) is 4. The van der Waals surface area contributed by atoms with Crippen LogP contribution in [0.1, 0.15) is 46.5 Å². The van der Waals surface area contributed by atoms with Gasteiger partial charge in [-0.3, -0.25) is 19.2 Å². The fourth-order valence-electron chi connectivity index (χ4n) is 6.92. The van der Waals surface area contributed by atoms with E-state index in [-0.39, 0.29) is 36.6 Å². The number of halogens is 1. The lowest BCUT2D eigenvalue weighted by Gasteiger charge is -2.37. The summed E-state index contributed by atoms with van der Waals surface area (Å²) in [5.74, 6) is -3.25. The van der Waals surface area contributed by atoms with Gasteiger partial charge in [0.05, 0.1) is 7.11 Å². The van der Waals surface area contributed by atoms with Crippen molar-refractivity contribution in [3.05, 3.63) is 0 Å². The number of likely N-dealkylation sites (tertiary alicyclic amines) is 1. The van der Waals surface area contributed by atoms with Crippen LogP contribution in [0, 0.1) is 35.0 Å². The summed E-state index contributed by atoms with van der Waals surface area (Å²) in [5, 5.41) is 7.98. The standard InChI is InChI=1S/C25H38FN5O6/c1-25(2,3)19(30-24(36)37-4)23(35)31-10-14-12-7-13(15(26)8-12)17(14)18(31)22(34)29-16(20(27)32)9-11-5-6-28-21(11)33/h11-19H,5-10H2,1-4H3,(H2,27,32)(H,28,33)(H,29,34)(H,30,36)/t11-,12-,13+,14+,15+,16?,17-,18-,19?/m0/s1. The molecule has 5 N–H and O–H groups in total. The molecule has 206 valence electrons. The molecule has 4 rings (SSSR count). The van der Waals surface area contributed by atoms with Crippen LogP contribution in [0.5, 0.6) is 0 Å². The van der Waals surface area contributed by atoms with Crippen molar-refractivity contribution in [3.8, 4) is 0 Å². The van der Waals surface area contributed by atoms with Gasteiger partial charge in [0, 0.05) is 19.0 Å². The molecule has 0 aromatic carbocycles. The van der Waals surface area contributed by atoms with Gasteiger partial charge in [-0.05, 0) is 54.8 Å². The van der Waals surface area contributed by atoms with E-state index < -0.39 is 65.4 Å². The highest BCUT2D eigenvalue weighted by molar-refractivity contribution is 5.95. The van der Waals surface area contributed by atoms with Crippen LogP contribution in [0.4, 0.5) is 9.18 Å². The topological polar surface area (TPSA) is 160 Å². The van der Waals surface area contributed by atoms with E-state index in [1.807, 2.05) is 0 Å². The number of ether oxygens (including phenoxy) is 1. The number of primary amides is 1. The number of carbonyl (C=O) groups is 5. The summed E-state index contributed by atoms with van der Waals surface area (Å²) in [4.78, 5) is 65.4. The van der Waals surface area contributed by atoms with Crippen molar-refractivity contribution in [1.82, 2.24) is 20.9 Å². The predicted octanol–water partition coefficient (Wildman–Crippen LogP) is 0.0745. The fraction of sp³-hybridized carbons (Fsp3) is 0.800. The Bertz CT molecular complexity index is 970. The molecule has 2 aliphatic carbocycles. The number of nitrogens with one attached hydrogen (secondary N) is 3. The largest absolute Gasteiger partial charge is 0.453 e. The Kier molecular flexibility index (Phi) is 7.40. The maximum Gasteiger partial charge on any atom is 0.407 e. The number of nitrogens with zero attached hydrogens (tertiary/aromatic N) is 1. The average Bonchev–Trinajstić information content (AvgIpc) is 3.57. The summed E-state index contributed by atoms with van der Waals surface area (Å²) in [6.45, 7) is 6.11. The van der Waals surface area contributed by atoms with E-state index in [2.05, 4.69) is 16.0 Å². The molecule has 0 aromatic rings. The summed E-state index contributed by atoms with van der Waals surface area (Å²) in [6.07, 6.45) is -0.192. The first-order valence-corrected chi connectivity index (χ1v) is 13.0. The van der Waals surface area contributed by atoms with E-state index in [1.165, 1.54) is 12.0 Å². The molecule has 0 radical (unpaired) electrons. The van der Waals surface area contributed by atoms with Crippen molar-refractivity contribution < 1.29 is 33.1 Å². The highest BCUT2D eigenvalue weighted by Gasteiger charge is 2.63. The number of carbonyl (C=O) groups excluding carboxylic acids is 5. The minimum atomic E-state index is -1.11. The number of rotatable bonds is 7. The Morgan fingerprint density at radius 1 is 1.19 bits per heavy atom. The molecule has 4 fully saturated rings. The zero-order valence-electron chi connectivity index (χ0n) is 21.8. The van der Waals surface area contributed by atoms with E-state index in [9.17, 15) is 28.4 Å². The van der Waals surface area contributed by atoms with Gasteiger partial charge in [-0.2, -0.15) is 0 Å². The molecule has 4 aliphatic rings. The highest BCUT2D eigenvalue weighted by Crippen LogP contribution is 2.58. The van der Waals surface area contributed by atoms with Gasteiger partial charge in [0.15, 0.2) is 0 Å². The summed E-state index contributed by atoms with van der Waals surface area (Å²) in [6, 6.07) is -3.12. The number of fused-ring (bicyclic) bond motifs is 5. The third-order valence-corrected chi connectivity index (χ3v) is 8.72. The Balaban J connectivity index is 1.61. The summed E-state index contributed by atoms with van der Waals surface area (Å²) < 4.78 is 19.6. The van der Waals surface area contributed by atoms with Gasteiger partial charge in [0.1, 0.15) is 24.3 Å². The summed E-state index contributed by atoms with van der Waals surface area (Å²) >= 11 is 0. The third-order valence-electron chi connectivity index (χ3n) is 8.72. The van der Waals surface area contributed by atoms with Crippen molar-refractivity contribution in [3.63, 3.8) is 0 Å². The van der Waals surface area contributed by atoms with Gasteiger partial charge >= 0.3 is 6.09 Å². The van der Waals surface area contributed by atoms with E-state index in [0.29, 0.717) is 25.8 Å².